The van der Waals surface area contributed by atoms with Gasteiger partial charge in [-0.2, -0.15) is 0 Å². The van der Waals surface area contributed by atoms with Crippen LogP contribution < -0.4 is 16.0 Å². The third kappa shape index (κ3) is 9.42. The van der Waals surface area contributed by atoms with Gasteiger partial charge >= 0.3 is 5.97 Å². The standard InChI is InChI=1S/C26H38IN3O5/c1-5-7-8-9-20-15-22(31)29-21(14-18-10-12-19(27)13-11-18)25(33)28-17(4)24(32)30-23(16(3)6-2)26(34)35-20/h10-13,16-17,20-21,23H,5-9,14-15H2,1-4H3,(H,28,33)(H,29,31)(H,30,32)/t16-,17-,20+,21-,23+/m0/s1. The lowest BCUT2D eigenvalue weighted by Crippen LogP contribution is -2.55. The van der Waals surface area contributed by atoms with Gasteiger partial charge in [0, 0.05) is 9.99 Å². The van der Waals surface area contributed by atoms with Gasteiger partial charge in [-0.05, 0) is 66.0 Å². The molecule has 1 fully saturated rings. The fourth-order valence-corrected chi connectivity index (χ4v) is 4.27. The fraction of sp³-hybridized carbons (Fsp3) is 0.615. The molecule has 0 saturated carbocycles. The first kappa shape index (κ1) is 29.1. The Balaban J connectivity index is 2.32. The Morgan fingerprint density at radius 3 is 2.31 bits per heavy atom. The second-order valence-corrected chi connectivity index (χ2v) is 10.6. The highest BCUT2D eigenvalue weighted by molar-refractivity contribution is 14.1. The minimum atomic E-state index is -0.890. The normalized spacial score (nSPS) is 25.2. The topological polar surface area (TPSA) is 114 Å². The van der Waals surface area contributed by atoms with Crippen molar-refractivity contribution in [3.63, 3.8) is 0 Å². The number of halogens is 1. The Morgan fingerprint density at radius 1 is 1.00 bits per heavy atom. The van der Waals surface area contributed by atoms with E-state index in [1.165, 1.54) is 0 Å². The van der Waals surface area contributed by atoms with E-state index in [-0.39, 0.29) is 24.7 Å². The molecule has 3 N–H and O–H groups in total. The number of carbonyl (C=O) groups is 4. The molecule has 0 aromatic heterocycles. The smallest absolute Gasteiger partial charge is 0.329 e. The van der Waals surface area contributed by atoms with Gasteiger partial charge in [-0.1, -0.05) is 52.2 Å². The number of cyclic esters (lactones) is 1. The summed E-state index contributed by atoms with van der Waals surface area (Å²) in [5.41, 5.74) is 0.884. The first-order chi connectivity index (χ1) is 16.6. The lowest BCUT2D eigenvalue weighted by atomic mass is 9.98. The number of hydrogen-bond acceptors (Lipinski definition) is 5. The molecule has 2 rings (SSSR count). The number of unbranched alkanes of at least 4 members (excludes halogenated alkanes) is 2. The van der Waals surface area contributed by atoms with Crippen LogP contribution in [-0.2, 0) is 30.3 Å². The van der Waals surface area contributed by atoms with Crippen LogP contribution in [0.25, 0.3) is 0 Å². The summed E-state index contributed by atoms with van der Waals surface area (Å²) in [6, 6.07) is 5.07. The molecule has 1 aliphatic rings. The van der Waals surface area contributed by atoms with Crippen molar-refractivity contribution in [3.8, 4) is 0 Å². The maximum Gasteiger partial charge on any atom is 0.329 e. The molecule has 8 nitrogen and oxygen atoms in total. The van der Waals surface area contributed by atoms with Gasteiger partial charge in [0.25, 0.3) is 0 Å². The lowest BCUT2D eigenvalue weighted by molar-refractivity contribution is -0.156. The van der Waals surface area contributed by atoms with E-state index in [0.717, 1.165) is 28.4 Å². The van der Waals surface area contributed by atoms with E-state index in [9.17, 15) is 19.2 Å². The van der Waals surface area contributed by atoms with Crippen LogP contribution in [0.3, 0.4) is 0 Å². The first-order valence-electron chi connectivity index (χ1n) is 12.5. The molecule has 0 unspecified atom stereocenters. The maximum atomic E-state index is 13.1. The van der Waals surface area contributed by atoms with Crippen molar-refractivity contribution in [2.45, 2.75) is 96.9 Å². The molecule has 1 heterocycles. The average molecular weight is 600 g/mol. The highest BCUT2D eigenvalue weighted by Gasteiger charge is 2.33. The predicted molar refractivity (Wildman–Crippen MR) is 142 cm³/mol. The average Bonchev–Trinajstić information content (AvgIpc) is 2.82. The molecule has 35 heavy (non-hydrogen) atoms. The van der Waals surface area contributed by atoms with Crippen LogP contribution in [0, 0.1) is 9.49 Å². The molecule has 5 atom stereocenters. The van der Waals surface area contributed by atoms with Crippen molar-refractivity contribution in [1.29, 1.82) is 0 Å². The van der Waals surface area contributed by atoms with Crippen molar-refractivity contribution in [2.24, 2.45) is 5.92 Å². The molecule has 194 valence electrons. The second-order valence-electron chi connectivity index (χ2n) is 9.31. The van der Waals surface area contributed by atoms with Gasteiger partial charge in [0.05, 0.1) is 6.42 Å². The summed E-state index contributed by atoms with van der Waals surface area (Å²) in [4.78, 5) is 52.0. The van der Waals surface area contributed by atoms with Crippen molar-refractivity contribution < 1.29 is 23.9 Å². The number of ether oxygens (including phenoxy) is 1. The van der Waals surface area contributed by atoms with Gasteiger partial charge in [-0.15, -0.1) is 0 Å². The van der Waals surface area contributed by atoms with Gasteiger partial charge < -0.3 is 20.7 Å². The Kier molecular flexibility index (Phi) is 12.0. The van der Waals surface area contributed by atoms with Gasteiger partial charge in [0.1, 0.15) is 24.2 Å². The lowest BCUT2D eigenvalue weighted by Gasteiger charge is -2.26. The van der Waals surface area contributed by atoms with E-state index in [4.69, 9.17) is 4.74 Å². The van der Waals surface area contributed by atoms with Gasteiger partial charge in [-0.25, -0.2) is 4.79 Å². The number of amides is 3. The molecule has 1 aromatic carbocycles. The number of esters is 1. The number of hydrogen-bond donors (Lipinski definition) is 3. The Hall–Kier alpha value is -2.17. The van der Waals surface area contributed by atoms with Crippen LogP contribution in [0.5, 0.6) is 0 Å². The molecule has 1 saturated heterocycles. The number of benzene rings is 1. The highest BCUT2D eigenvalue weighted by atomic mass is 127. The summed E-state index contributed by atoms with van der Waals surface area (Å²) in [6.45, 7) is 7.43. The van der Waals surface area contributed by atoms with Crippen molar-refractivity contribution in [3.05, 3.63) is 33.4 Å². The summed E-state index contributed by atoms with van der Waals surface area (Å²) in [6.07, 6.45) is 3.56. The minimum Gasteiger partial charge on any atom is -0.460 e. The number of nitrogens with one attached hydrogen (secondary N) is 3. The first-order valence-corrected chi connectivity index (χ1v) is 13.6. The van der Waals surface area contributed by atoms with Crippen LogP contribution in [0.4, 0.5) is 0 Å². The van der Waals surface area contributed by atoms with Crippen molar-refractivity contribution in [2.75, 3.05) is 0 Å². The minimum absolute atomic E-state index is 0.0390. The van der Waals surface area contributed by atoms with E-state index in [2.05, 4.69) is 45.5 Å². The molecule has 0 aliphatic carbocycles. The zero-order chi connectivity index (χ0) is 26.0. The third-order valence-corrected chi connectivity index (χ3v) is 7.07. The molecule has 3 amide bonds. The molecule has 0 bridgehead atoms. The number of carbonyl (C=O) groups excluding carboxylic acids is 4. The quantitative estimate of drug-likeness (QED) is 0.241. The summed E-state index contributed by atoms with van der Waals surface area (Å²) in [5, 5.41) is 8.27. The largest absolute Gasteiger partial charge is 0.460 e. The third-order valence-electron chi connectivity index (χ3n) is 6.35. The van der Waals surface area contributed by atoms with Crippen LogP contribution in [0.2, 0.25) is 0 Å². The highest BCUT2D eigenvalue weighted by Crippen LogP contribution is 2.17. The zero-order valence-corrected chi connectivity index (χ0v) is 23.2. The van der Waals surface area contributed by atoms with E-state index in [1.807, 2.05) is 38.1 Å². The molecule has 1 aliphatic heterocycles. The monoisotopic (exact) mass is 599 g/mol. The Morgan fingerprint density at radius 2 is 1.69 bits per heavy atom. The Bertz CT molecular complexity index is 876. The molecular weight excluding hydrogens is 561 g/mol. The SMILES string of the molecule is CCCCC[C@@H]1CC(=O)N[C@@H](Cc2ccc(I)cc2)C(=O)N[C@@H](C)C(=O)N[C@H]([C@@H](C)CC)C(=O)O1. The van der Waals surface area contributed by atoms with Gasteiger partial charge in [0.2, 0.25) is 17.7 Å². The fourth-order valence-electron chi connectivity index (χ4n) is 3.91. The van der Waals surface area contributed by atoms with Crippen LogP contribution >= 0.6 is 22.6 Å². The number of rotatable bonds is 8. The molecule has 9 heteroatoms. The van der Waals surface area contributed by atoms with E-state index >= 15 is 0 Å². The van der Waals surface area contributed by atoms with Crippen molar-refractivity contribution >= 4 is 46.3 Å². The molecule has 0 spiro atoms. The summed E-state index contributed by atoms with van der Waals surface area (Å²) in [5.74, 6) is -2.00. The van der Waals surface area contributed by atoms with Crippen molar-refractivity contribution in [1.82, 2.24) is 16.0 Å². The zero-order valence-electron chi connectivity index (χ0n) is 21.1. The van der Waals surface area contributed by atoms with Crippen LogP contribution in [0.15, 0.2) is 24.3 Å². The van der Waals surface area contributed by atoms with Gasteiger partial charge in [0.15, 0.2) is 0 Å². The summed E-state index contributed by atoms with van der Waals surface area (Å²) >= 11 is 2.20. The second kappa shape index (κ2) is 14.4. The Labute approximate surface area is 221 Å². The molecule has 1 aromatic rings. The van der Waals surface area contributed by atoms with E-state index < -0.39 is 42.0 Å². The summed E-state index contributed by atoms with van der Waals surface area (Å²) in [7, 11) is 0. The van der Waals surface area contributed by atoms with E-state index in [0.29, 0.717) is 12.8 Å². The van der Waals surface area contributed by atoms with Crippen LogP contribution in [-0.4, -0.2) is 47.9 Å². The maximum absolute atomic E-state index is 13.1. The predicted octanol–water partition coefficient (Wildman–Crippen LogP) is 3.25. The van der Waals surface area contributed by atoms with Gasteiger partial charge in [-0.3, -0.25) is 14.4 Å². The molecule has 0 radical (unpaired) electrons. The van der Waals surface area contributed by atoms with E-state index in [1.54, 1.807) is 6.92 Å². The molecular formula is C26H38IN3O5. The van der Waals surface area contributed by atoms with Crippen LogP contribution in [0.1, 0.15) is 71.8 Å². The summed E-state index contributed by atoms with van der Waals surface area (Å²) < 4.78 is 6.84.